The second-order valence-electron chi connectivity index (χ2n) is 4.16. The molecule has 0 radical (unpaired) electrons. The maximum absolute atomic E-state index is 9.48. The molecule has 0 bridgehead atoms. The molecule has 1 aliphatic carbocycles. The number of anilines is 2. The van der Waals surface area contributed by atoms with Gasteiger partial charge in [0.1, 0.15) is 5.76 Å². The summed E-state index contributed by atoms with van der Waals surface area (Å²) in [6, 6.07) is 0. The summed E-state index contributed by atoms with van der Waals surface area (Å²) in [7, 11) is 1.74. The molecule has 1 atom stereocenters. The van der Waals surface area contributed by atoms with Crippen LogP contribution in [-0.4, -0.2) is 22.4 Å². The number of allylic oxidation sites excluding steroid dienone is 4. The largest absolute Gasteiger partial charge is 0.508 e. The van der Waals surface area contributed by atoms with Gasteiger partial charge in [-0.05, 0) is 24.1 Å². The van der Waals surface area contributed by atoms with E-state index in [0.717, 1.165) is 0 Å². The number of nitrogen functional groups attached to an aromatic ring is 1. The molecule has 0 spiro atoms. The smallest absolute Gasteiger partial charge is 0.175 e. The van der Waals surface area contributed by atoms with Gasteiger partial charge in [-0.15, -0.1) is 5.11 Å². The fourth-order valence-electron chi connectivity index (χ4n) is 1.67. The molecule has 0 aliphatic heterocycles. The third-order valence-electron chi connectivity index (χ3n) is 2.58. The van der Waals surface area contributed by atoms with E-state index in [1.54, 1.807) is 25.3 Å². The van der Waals surface area contributed by atoms with E-state index in [0.29, 0.717) is 17.2 Å². The highest BCUT2D eigenvalue weighted by Gasteiger charge is 2.09. The SMILES string of the molecule is CNc1[nH]nc(N)c1/N=N/C1=CC(C)C=C(O)C=C1. The topological polar surface area (TPSA) is 112 Å². The van der Waals surface area contributed by atoms with E-state index in [1.807, 2.05) is 13.0 Å². The summed E-state index contributed by atoms with van der Waals surface area (Å²) in [5.74, 6) is 1.18. The zero-order chi connectivity index (χ0) is 13.8. The molecule has 100 valence electrons. The zero-order valence-corrected chi connectivity index (χ0v) is 10.8. The van der Waals surface area contributed by atoms with Gasteiger partial charge in [-0.2, -0.15) is 10.2 Å². The van der Waals surface area contributed by atoms with Crippen molar-refractivity contribution in [2.24, 2.45) is 16.1 Å². The molecule has 0 saturated carbocycles. The first-order valence-electron chi connectivity index (χ1n) is 5.84. The lowest BCUT2D eigenvalue weighted by atomic mass is 10.1. The highest BCUT2D eigenvalue weighted by molar-refractivity contribution is 5.71. The molecular weight excluding hydrogens is 244 g/mol. The van der Waals surface area contributed by atoms with Crippen molar-refractivity contribution < 1.29 is 5.11 Å². The van der Waals surface area contributed by atoms with E-state index in [2.05, 4.69) is 25.7 Å². The molecule has 7 heteroatoms. The third kappa shape index (κ3) is 3.01. The third-order valence-corrected chi connectivity index (χ3v) is 2.58. The number of aromatic amines is 1. The van der Waals surface area contributed by atoms with Crippen molar-refractivity contribution in [3.05, 3.63) is 35.8 Å². The van der Waals surface area contributed by atoms with Crippen molar-refractivity contribution in [3.8, 4) is 0 Å². The standard InChI is InChI=1S/C12H16N6O/c1-7-5-8(3-4-9(19)6-7)15-16-10-11(13)17-18-12(10)14-2/h3-7,19H,1-2H3,(H4,13,14,17,18)/b16-15+. The summed E-state index contributed by atoms with van der Waals surface area (Å²) in [5.41, 5.74) is 6.80. The first-order valence-corrected chi connectivity index (χ1v) is 5.84. The summed E-state index contributed by atoms with van der Waals surface area (Å²) in [5, 5.41) is 27.1. The number of aliphatic hydroxyl groups excluding tert-OH is 1. The van der Waals surface area contributed by atoms with Gasteiger partial charge in [-0.3, -0.25) is 5.10 Å². The Morgan fingerprint density at radius 1 is 1.37 bits per heavy atom. The van der Waals surface area contributed by atoms with Crippen molar-refractivity contribution in [1.29, 1.82) is 0 Å². The van der Waals surface area contributed by atoms with Gasteiger partial charge in [0.05, 0.1) is 5.70 Å². The van der Waals surface area contributed by atoms with Gasteiger partial charge in [0.25, 0.3) is 0 Å². The van der Waals surface area contributed by atoms with Crippen LogP contribution in [0.3, 0.4) is 0 Å². The number of aromatic nitrogens is 2. The number of nitrogens with two attached hydrogens (primary N) is 1. The normalized spacial score (nSPS) is 19.2. The molecule has 1 aromatic rings. The Labute approximate surface area is 110 Å². The van der Waals surface area contributed by atoms with Crippen LogP contribution in [0.4, 0.5) is 17.3 Å². The van der Waals surface area contributed by atoms with Crippen LogP contribution < -0.4 is 11.1 Å². The van der Waals surface area contributed by atoms with Crippen LogP contribution in [0.15, 0.2) is 46.0 Å². The lowest BCUT2D eigenvalue weighted by Crippen LogP contribution is -1.88. The average Bonchev–Trinajstić information content (AvgIpc) is 2.64. The summed E-state index contributed by atoms with van der Waals surface area (Å²) in [6.45, 7) is 1.95. The highest BCUT2D eigenvalue weighted by Crippen LogP contribution is 2.29. The first kappa shape index (κ1) is 12.9. The van der Waals surface area contributed by atoms with Crippen LogP contribution >= 0.6 is 0 Å². The average molecular weight is 260 g/mol. The predicted octanol–water partition coefficient (Wildman–Crippen LogP) is 2.65. The number of azo groups is 1. The van der Waals surface area contributed by atoms with Crippen LogP contribution in [0.2, 0.25) is 0 Å². The number of hydrogen-bond donors (Lipinski definition) is 4. The van der Waals surface area contributed by atoms with E-state index in [-0.39, 0.29) is 17.5 Å². The Balaban J connectivity index is 2.24. The lowest BCUT2D eigenvalue weighted by Gasteiger charge is -1.98. The van der Waals surface area contributed by atoms with Crippen LogP contribution in [0.1, 0.15) is 6.92 Å². The molecule has 7 nitrogen and oxygen atoms in total. The minimum Gasteiger partial charge on any atom is -0.508 e. The van der Waals surface area contributed by atoms with Crippen molar-refractivity contribution in [3.63, 3.8) is 0 Å². The molecule has 19 heavy (non-hydrogen) atoms. The van der Waals surface area contributed by atoms with E-state index in [1.165, 1.54) is 0 Å². The fourth-order valence-corrected chi connectivity index (χ4v) is 1.67. The predicted molar refractivity (Wildman–Crippen MR) is 74.2 cm³/mol. The molecular formula is C12H16N6O. The summed E-state index contributed by atoms with van der Waals surface area (Å²) < 4.78 is 0. The zero-order valence-electron chi connectivity index (χ0n) is 10.8. The fraction of sp³-hybridized carbons (Fsp3) is 0.250. The minimum atomic E-state index is 0.0782. The monoisotopic (exact) mass is 260 g/mol. The molecule has 0 fully saturated rings. The van der Waals surface area contributed by atoms with Gasteiger partial charge < -0.3 is 16.2 Å². The van der Waals surface area contributed by atoms with E-state index < -0.39 is 0 Å². The van der Waals surface area contributed by atoms with Gasteiger partial charge in [0, 0.05) is 7.05 Å². The summed E-state index contributed by atoms with van der Waals surface area (Å²) in [4.78, 5) is 0. The highest BCUT2D eigenvalue weighted by atomic mass is 16.3. The lowest BCUT2D eigenvalue weighted by molar-refractivity contribution is 0.428. The molecule has 0 amide bonds. The number of H-pyrrole nitrogens is 1. The Hall–Kier alpha value is -2.57. The number of aliphatic hydroxyl groups is 1. The number of nitrogens with zero attached hydrogens (tertiary/aromatic N) is 3. The van der Waals surface area contributed by atoms with Crippen molar-refractivity contribution >= 4 is 17.3 Å². The van der Waals surface area contributed by atoms with Gasteiger partial charge in [0.2, 0.25) is 0 Å². The number of hydrogen-bond acceptors (Lipinski definition) is 6. The number of nitrogens with one attached hydrogen (secondary N) is 2. The summed E-state index contributed by atoms with van der Waals surface area (Å²) in [6.07, 6.45) is 6.88. The van der Waals surface area contributed by atoms with Gasteiger partial charge in [-0.25, -0.2) is 0 Å². The maximum Gasteiger partial charge on any atom is 0.175 e. The molecule has 0 saturated heterocycles. The molecule has 1 aliphatic rings. The van der Waals surface area contributed by atoms with E-state index in [9.17, 15) is 5.11 Å². The van der Waals surface area contributed by atoms with E-state index in [4.69, 9.17) is 5.73 Å². The minimum absolute atomic E-state index is 0.0782. The molecule has 1 aromatic heterocycles. The van der Waals surface area contributed by atoms with Crippen molar-refractivity contribution in [1.82, 2.24) is 10.2 Å². The van der Waals surface area contributed by atoms with Crippen LogP contribution in [-0.2, 0) is 0 Å². The van der Waals surface area contributed by atoms with Gasteiger partial charge in [0.15, 0.2) is 17.3 Å². The Morgan fingerprint density at radius 3 is 2.89 bits per heavy atom. The second-order valence-corrected chi connectivity index (χ2v) is 4.16. The molecule has 1 unspecified atom stereocenters. The Bertz CT molecular complexity index is 581. The van der Waals surface area contributed by atoms with Gasteiger partial charge in [-0.1, -0.05) is 13.0 Å². The van der Waals surface area contributed by atoms with Crippen LogP contribution in [0, 0.1) is 5.92 Å². The molecule has 5 N–H and O–H groups in total. The number of rotatable bonds is 3. The van der Waals surface area contributed by atoms with Crippen LogP contribution in [0.5, 0.6) is 0 Å². The molecule has 1 heterocycles. The van der Waals surface area contributed by atoms with Gasteiger partial charge >= 0.3 is 0 Å². The second kappa shape index (κ2) is 5.38. The summed E-state index contributed by atoms with van der Waals surface area (Å²) >= 11 is 0. The Kier molecular flexibility index (Phi) is 3.65. The van der Waals surface area contributed by atoms with E-state index >= 15 is 0 Å². The maximum atomic E-state index is 9.48. The first-order chi connectivity index (χ1) is 9.10. The van der Waals surface area contributed by atoms with Crippen molar-refractivity contribution in [2.75, 3.05) is 18.1 Å². The van der Waals surface area contributed by atoms with Crippen LogP contribution in [0.25, 0.3) is 0 Å². The molecule has 2 rings (SSSR count). The molecule has 0 aromatic carbocycles. The quantitative estimate of drug-likeness (QED) is 0.626. The van der Waals surface area contributed by atoms with Crippen molar-refractivity contribution in [2.45, 2.75) is 6.92 Å². The Morgan fingerprint density at radius 2 is 2.16 bits per heavy atom.